The van der Waals surface area contributed by atoms with Crippen LogP contribution >= 0.6 is 0 Å². The third kappa shape index (κ3) is 3.58. The van der Waals surface area contributed by atoms with Gasteiger partial charge >= 0.3 is 0 Å². The molecule has 0 saturated carbocycles. The molecule has 0 aliphatic heterocycles. The summed E-state index contributed by atoms with van der Waals surface area (Å²) >= 11 is 0. The number of benzene rings is 2. The first-order valence-electron chi connectivity index (χ1n) is 6.83. The standard InChI is InChI=1S/C17H20FNO/c1-3-20-17-8-7-12(2)9-15(17)16(19)11-13-5-4-6-14(18)10-13/h4-10,16H,3,11,19H2,1-2H3. The Kier molecular flexibility index (Phi) is 4.74. The van der Waals surface area contributed by atoms with Gasteiger partial charge in [0.15, 0.2) is 0 Å². The van der Waals surface area contributed by atoms with E-state index < -0.39 is 0 Å². The molecule has 0 aliphatic rings. The van der Waals surface area contributed by atoms with Crippen LogP contribution in [-0.2, 0) is 6.42 Å². The van der Waals surface area contributed by atoms with E-state index in [9.17, 15) is 4.39 Å². The van der Waals surface area contributed by atoms with Crippen molar-refractivity contribution < 1.29 is 9.13 Å². The summed E-state index contributed by atoms with van der Waals surface area (Å²) in [4.78, 5) is 0. The number of halogens is 1. The molecule has 20 heavy (non-hydrogen) atoms. The monoisotopic (exact) mass is 273 g/mol. The van der Waals surface area contributed by atoms with Crippen LogP contribution in [0.1, 0.15) is 29.7 Å². The van der Waals surface area contributed by atoms with Gasteiger partial charge in [-0.3, -0.25) is 0 Å². The van der Waals surface area contributed by atoms with E-state index in [1.165, 1.54) is 12.1 Å². The Morgan fingerprint density at radius 3 is 2.70 bits per heavy atom. The quantitative estimate of drug-likeness (QED) is 0.900. The fourth-order valence-electron chi connectivity index (χ4n) is 2.27. The van der Waals surface area contributed by atoms with Crippen molar-refractivity contribution in [3.05, 3.63) is 65.0 Å². The average molecular weight is 273 g/mol. The number of hydrogen-bond donors (Lipinski definition) is 1. The lowest BCUT2D eigenvalue weighted by atomic mass is 9.97. The van der Waals surface area contributed by atoms with Gasteiger partial charge in [0.2, 0.25) is 0 Å². The first kappa shape index (κ1) is 14.5. The maximum Gasteiger partial charge on any atom is 0.124 e. The topological polar surface area (TPSA) is 35.2 Å². The van der Waals surface area contributed by atoms with Crippen LogP contribution in [0.25, 0.3) is 0 Å². The summed E-state index contributed by atoms with van der Waals surface area (Å²) in [5.74, 6) is 0.575. The second-order valence-corrected chi connectivity index (χ2v) is 4.91. The summed E-state index contributed by atoms with van der Waals surface area (Å²) < 4.78 is 18.8. The van der Waals surface area contributed by atoms with Gasteiger partial charge in [0.1, 0.15) is 11.6 Å². The highest BCUT2D eigenvalue weighted by Gasteiger charge is 2.13. The zero-order valence-corrected chi connectivity index (χ0v) is 11.9. The van der Waals surface area contributed by atoms with Crippen LogP contribution in [0.5, 0.6) is 5.75 Å². The summed E-state index contributed by atoms with van der Waals surface area (Å²) in [6.45, 7) is 4.57. The van der Waals surface area contributed by atoms with E-state index in [1.54, 1.807) is 6.07 Å². The van der Waals surface area contributed by atoms with Crippen molar-refractivity contribution >= 4 is 0 Å². The van der Waals surface area contributed by atoms with Crippen molar-refractivity contribution in [1.82, 2.24) is 0 Å². The van der Waals surface area contributed by atoms with Crippen molar-refractivity contribution in [3.8, 4) is 5.75 Å². The Balaban J connectivity index is 2.23. The molecule has 2 nitrogen and oxygen atoms in total. The van der Waals surface area contributed by atoms with Gasteiger partial charge in [-0.2, -0.15) is 0 Å². The SMILES string of the molecule is CCOc1ccc(C)cc1C(N)Cc1cccc(F)c1. The predicted octanol–water partition coefficient (Wildman–Crippen LogP) is 3.78. The molecule has 2 aromatic rings. The Morgan fingerprint density at radius 1 is 1.20 bits per heavy atom. The maximum absolute atomic E-state index is 13.2. The van der Waals surface area contributed by atoms with E-state index >= 15 is 0 Å². The van der Waals surface area contributed by atoms with Crippen LogP contribution in [0, 0.1) is 12.7 Å². The molecule has 3 heteroatoms. The van der Waals surface area contributed by atoms with Crippen LogP contribution in [-0.4, -0.2) is 6.61 Å². The summed E-state index contributed by atoms with van der Waals surface area (Å²) in [5.41, 5.74) is 9.27. The first-order chi connectivity index (χ1) is 9.60. The Hall–Kier alpha value is -1.87. The van der Waals surface area contributed by atoms with Gasteiger partial charge < -0.3 is 10.5 Å². The summed E-state index contributed by atoms with van der Waals surface area (Å²) in [5, 5.41) is 0. The molecule has 0 aliphatic carbocycles. The first-order valence-corrected chi connectivity index (χ1v) is 6.83. The molecule has 0 heterocycles. The predicted molar refractivity (Wildman–Crippen MR) is 79.4 cm³/mol. The molecule has 2 aromatic carbocycles. The van der Waals surface area contributed by atoms with E-state index in [0.717, 1.165) is 22.4 Å². The van der Waals surface area contributed by atoms with Crippen LogP contribution in [0.3, 0.4) is 0 Å². The summed E-state index contributed by atoms with van der Waals surface area (Å²) in [7, 11) is 0. The lowest BCUT2D eigenvalue weighted by Crippen LogP contribution is -2.15. The van der Waals surface area contributed by atoms with Crippen LogP contribution < -0.4 is 10.5 Å². The number of nitrogens with two attached hydrogens (primary N) is 1. The molecule has 106 valence electrons. The minimum absolute atomic E-state index is 0.210. The van der Waals surface area contributed by atoms with Crippen molar-refractivity contribution in [3.63, 3.8) is 0 Å². The van der Waals surface area contributed by atoms with E-state index in [2.05, 4.69) is 0 Å². The largest absolute Gasteiger partial charge is 0.494 e. The van der Waals surface area contributed by atoms with E-state index in [-0.39, 0.29) is 11.9 Å². The highest BCUT2D eigenvalue weighted by atomic mass is 19.1. The van der Waals surface area contributed by atoms with E-state index in [1.807, 2.05) is 38.1 Å². The van der Waals surface area contributed by atoms with Gasteiger partial charge in [-0.1, -0.05) is 29.8 Å². The Bertz CT molecular complexity index is 583. The second kappa shape index (κ2) is 6.53. The minimum Gasteiger partial charge on any atom is -0.494 e. The van der Waals surface area contributed by atoms with Crippen molar-refractivity contribution in [2.75, 3.05) is 6.61 Å². The van der Waals surface area contributed by atoms with Crippen LogP contribution in [0.15, 0.2) is 42.5 Å². The molecular formula is C17H20FNO. The fourth-order valence-corrected chi connectivity index (χ4v) is 2.27. The van der Waals surface area contributed by atoms with Gasteiger partial charge in [0, 0.05) is 11.6 Å². The molecule has 1 unspecified atom stereocenters. The van der Waals surface area contributed by atoms with Crippen molar-refractivity contribution in [2.45, 2.75) is 26.3 Å². The highest BCUT2D eigenvalue weighted by Crippen LogP contribution is 2.27. The summed E-state index contributed by atoms with van der Waals surface area (Å²) in [6.07, 6.45) is 0.585. The van der Waals surface area contributed by atoms with Crippen LogP contribution in [0.2, 0.25) is 0 Å². The fraction of sp³-hybridized carbons (Fsp3) is 0.294. The number of aryl methyl sites for hydroxylation is 1. The lowest BCUT2D eigenvalue weighted by Gasteiger charge is -2.17. The molecule has 0 fully saturated rings. The third-order valence-electron chi connectivity index (χ3n) is 3.21. The molecule has 0 radical (unpaired) electrons. The summed E-state index contributed by atoms with van der Waals surface area (Å²) in [6, 6.07) is 12.3. The number of rotatable bonds is 5. The molecular weight excluding hydrogens is 253 g/mol. The molecule has 0 amide bonds. The molecule has 2 rings (SSSR count). The van der Waals surface area contributed by atoms with Gasteiger partial charge in [-0.25, -0.2) is 4.39 Å². The highest BCUT2D eigenvalue weighted by molar-refractivity contribution is 5.40. The van der Waals surface area contributed by atoms with Gasteiger partial charge in [-0.05, 0) is 44.0 Å². The van der Waals surface area contributed by atoms with Crippen molar-refractivity contribution in [2.24, 2.45) is 5.73 Å². The Labute approximate surface area is 119 Å². The van der Waals surface area contributed by atoms with E-state index in [4.69, 9.17) is 10.5 Å². The maximum atomic E-state index is 13.2. The molecule has 1 atom stereocenters. The van der Waals surface area contributed by atoms with E-state index in [0.29, 0.717) is 13.0 Å². The normalized spacial score (nSPS) is 12.2. The van der Waals surface area contributed by atoms with Gasteiger partial charge in [0.05, 0.1) is 6.61 Å². The molecule has 0 saturated heterocycles. The molecule has 0 aromatic heterocycles. The van der Waals surface area contributed by atoms with Gasteiger partial charge in [-0.15, -0.1) is 0 Å². The average Bonchev–Trinajstić information content (AvgIpc) is 2.41. The smallest absolute Gasteiger partial charge is 0.124 e. The third-order valence-corrected chi connectivity index (χ3v) is 3.21. The molecule has 0 spiro atoms. The second-order valence-electron chi connectivity index (χ2n) is 4.91. The molecule has 0 bridgehead atoms. The molecule has 2 N–H and O–H groups in total. The Morgan fingerprint density at radius 2 is 2.00 bits per heavy atom. The zero-order valence-electron chi connectivity index (χ0n) is 11.9. The minimum atomic E-state index is -0.232. The van der Waals surface area contributed by atoms with Crippen LogP contribution in [0.4, 0.5) is 4.39 Å². The zero-order chi connectivity index (χ0) is 14.5. The lowest BCUT2D eigenvalue weighted by molar-refractivity contribution is 0.334. The number of ether oxygens (including phenoxy) is 1. The van der Waals surface area contributed by atoms with Gasteiger partial charge in [0.25, 0.3) is 0 Å². The number of hydrogen-bond acceptors (Lipinski definition) is 2. The van der Waals surface area contributed by atoms with Crippen molar-refractivity contribution in [1.29, 1.82) is 0 Å².